The topological polar surface area (TPSA) is 69.6 Å². The molecule has 3 rings (SSSR count). The van der Waals surface area contributed by atoms with Crippen LogP contribution < -0.4 is 5.32 Å². The van der Waals surface area contributed by atoms with E-state index in [9.17, 15) is 27.9 Å². The van der Waals surface area contributed by atoms with Gasteiger partial charge in [-0.15, -0.1) is 0 Å². The van der Waals surface area contributed by atoms with Gasteiger partial charge in [0.25, 0.3) is 0 Å². The predicted molar refractivity (Wildman–Crippen MR) is 117 cm³/mol. The lowest BCUT2D eigenvalue weighted by Crippen LogP contribution is -2.54. The fourth-order valence-electron chi connectivity index (χ4n) is 4.52. The molecule has 1 saturated heterocycles. The monoisotopic (exact) mass is 474 g/mol. The molecule has 0 bridgehead atoms. The summed E-state index contributed by atoms with van der Waals surface area (Å²) in [6.45, 7) is 3.98. The number of halogens is 4. The number of carbonyl (C=O) groups excluding carboxylic acids is 1. The molecule has 1 aliphatic carbocycles. The molecule has 1 aromatic rings. The van der Waals surface area contributed by atoms with Crippen LogP contribution in [0.2, 0.25) is 5.02 Å². The summed E-state index contributed by atoms with van der Waals surface area (Å²) in [5.41, 5.74) is 0.0819. The zero-order valence-electron chi connectivity index (χ0n) is 18.3. The van der Waals surface area contributed by atoms with E-state index in [1.54, 1.807) is 23.1 Å². The minimum Gasteiger partial charge on any atom is -0.481 e. The van der Waals surface area contributed by atoms with E-state index < -0.39 is 35.4 Å². The molecule has 0 spiro atoms. The molecule has 2 atom stereocenters. The van der Waals surface area contributed by atoms with Crippen LogP contribution in [0, 0.1) is 17.3 Å². The molecule has 2 unspecified atom stereocenters. The lowest BCUT2D eigenvalue weighted by Gasteiger charge is -2.39. The summed E-state index contributed by atoms with van der Waals surface area (Å²) in [7, 11) is 0. The standard InChI is InChI=1S/C23H30ClF3N2O3/c1-3-15-6-10-29(11-7-15)19(14(2)23(25,26)27)20(30)28-18-12-16(4-5-17(18)24)13-22(8-9-22)21(31)32/h4-5,12,14-15,19H,3,6-11,13H2,1-2H3,(H,28,30)(H,31,32). The molecule has 2 N–H and O–H groups in total. The van der Waals surface area contributed by atoms with Gasteiger partial charge in [-0.2, -0.15) is 13.2 Å². The number of carboxylic acids is 1. The number of alkyl halides is 3. The third-order valence-corrected chi connectivity index (χ3v) is 7.35. The van der Waals surface area contributed by atoms with Crippen molar-refractivity contribution in [1.82, 2.24) is 4.90 Å². The number of carbonyl (C=O) groups is 2. The van der Waals surface area contributed by atoms with Crippen molar-refractivity contribution in [1.29, 1.82) is 0 Å². The van der Waals surface area contributed by atoms with Gasteiger partial charge in [0.05, 0.1) is 22.0 Å². The molecule has 0 radical (unpaired) electrons. The van der Waals surface area contributed by atoms with Gasteiger partial charge in [0.1, 0.15) is 6.04 Å². The highest BCUT2D eigenvalue weighted by Crippen LogP contribution is 2.49. The summed E-state index contributed by atoms with van der Waals surface area (Å²) >= 11 is 6.22. The van der Waals surface area contributed by atoms with E-state index in [1.165, 1.54) is 0 Å². The molecule has 1 heterocycles. The molecular weight excluding hydrogens is 445 g/mol. The van der Waals surface area contributed by atoms with E-state index in [1.807, 2.05) is 0 Å². The fraction of sp³-hybridized carbons (Fsp3) is 0.652. The molecule has 1 aromatic carbocycles. The molecule has 1 amide bonds. The molecule has 2 aliphatic rings. The highest BCUT2D eigenvalue weighted by Gasteiger charge is 2.50. The number of nitrogens with zero attached hydrogens (tertiary/aromatic N) is 1. The largest absolute Gasteiger partial charge is 0.481 e. The molecule has 32 heavy (non-hydrogen) atoms. The van der Waals surface area contributed by atoms with Crippen LogP contribution in [-0.2, 0) is 16.0 Å². The Kier molecular flexibility index (Phi) is 7.44. The number of hydrogen-bond donors (Lipinski definition) is 2. The van der Waals surface area contributed by atoms with Gasteiger partial charge in [-0.05, 0) is 68.8 Å². The Balaban J connectivity index is 1.79. The first kappa shape index (κ1) is 24.8. The van der Waals surface area contributed by atoms with E-state index in [0.717, 1.165) is 26.2 Å². The third-order valence-electron chi connectivity index (χ3n) is 7.02. The molecular formula is C23H30ClF3N2O3. The normalized spacial score (nSPS) is 21.1. The highest BCUT2D eigenvalue weighted by atomic mass is 35.5. The predicted octanol–water partition coefficient (Wildman–Crippen LogP) is 5.37. The second-order valence-corrected chi connectivity index (χ2v) is 9.64. The second kappa shape index (κ2) is 9.59. The van der Waals surface area contributed by atoms with Crippen molar-refractivity contribution in [3.8, 4) is 0 Å². The Morgan fingerprint density at radius 2 is 1.91 bits per heavy atom. The average molecular weight is 475 g/mol. The van der Waals surface area contributed by atoms with Gasteiger partial charge in [0.2, 0.25) is 5.91 Å². The summed E-state index contributed by atoms with van der Waals surface area (Å²) in [5, 5.41) is 12.2. The van der Waals surface area contributed by atoms with Gasteiger partial charge in [-0.25, -0.2) is 0 Å². The third kappa shape index (κ3) is 5.57. The van der Waals surface area contributed by atoms with Crippen molar-refractivity contribution in [3.05, 3.63) is 28.8 Å². The number of nitrogens with one attached hydrogen (secondary N) is 1. The maximum Gasteiger partial charge on any atom is 0.393 e. The van der Waals surface area contributed by atoms with Crippen molar-refractivity contribution in [2.45, 2.75) is 64.6 Å². The number of anilines is 1. The van der Waals surface area contributed by atoms with Gasteiger partial charge in [-0.1, -0.05) is 37.9 Å². The van der Waals surface area contributed by atoms with Crippen LogP contribution in [0.15, 0.2) is 18.2 Å². The van der Waals surface area contributed by atoms with Crippen LogP contribution in [-0.4, -0.2) is 47.2 Å². The molecule has 9 heteroatoms. The summed E-state index contributed by atoms with van der Waals surface area (Å²) in [6, 6.07) is 3.44. The summed E-state index contributed by atoms with van der Waals surface area (Å²) in [5.74, 6) is -2.99. The number of carboxylic acid groups (broad SMARTS) is 1. The van der Waals surface area contributed by atoms with E-state index >= 15 is 0 Å². The first-order chi connectivity index (χ1) is 15.0. The van der Waals surface area contributed by atoms with Crippen LogP contribution in [0.5, 0.6) is 0 Å². The van der Waals surface area contributed by atoms with Gasteiger partial charge in [-0.3, -0.25) is 14.5 Å². The van der Waals surface area contributed by atoms with Crippen molar-refractivity contribution >= 4 is 29.2 Å². The summed E-state index contributed by atoms with van der Waals surface area (Å²) in [6.07, 6.45) is -0.585. The summed E-state index contributed by atoms with van der Waals surface area (Å²) < 4.78 is 40.9. The van der Waals surface area contributed by atoms with E-state index in [2.05, 4.69) is 12.2 Å². The van der Waals surface area contributed by atoms with Crippen LogP contribution in [0.1, 0.15) is 51.5 Å². The van der Waals surface area contributed by atoms with Gasteiger partial charge >= 0.3 is 12.1 Å². The molecule has 5 nitrogen and oxygen atoms in total. The van der Waals surface area contributed by atoms with E-state index in [-0.39, 0.29) is 17.1 Å². The Morgan fingerprint density at radius 3 is 2.41 bits per heavy atom. The van der Waals surface area contributed by atoms with Crippen molar-refractivity contribution in [3.63, 3.8) is 0 Å². The van der Waals surface area contributed by atoms with Crippen molar-refractivity contribution in [2.24, 2.45) is 17.3 Å². The van der Waals surface area contributed by atoms with Crippen LogP contribution >= 0.6 is 11.6 Å². The number of rotatable bonds is 8. The Hall–Kier alpha value is -1.80. The minimum atomic E-state index is -4.52. The first-order valence-electron chi connectivity index (χ1n) is 11.1. The van der Waals surface area contributed by atoms with Gasteiger partial charge in [0, 0.05) is 0 Å². The minimum absolute atomic E-state index is 0.199. The SMILES string of the molecule is CCC1CCN(C(C(=O)Nc2cc(CC3(C(=O)O)CC3)ccc2Cl)C(C)C(F)(F)F)CC1. The second-order valence-electron chi connectivity index (χ2n) is 9.23. The molecule has 1 saturated carbocycles. The maximum atomic E-state index is 13.6. The lowest BCUT2D eigenvalue weighted by molar-refractivity contribution is -0.189. The van der Waals surface area contributed by atoms with Crippen LogP contribution in [0.4, 0.5) is 18.9 Å². The van der Waals surface area contributed by atoms with Crippen molar-refractivity contribution in [2.75, 3.05) is 18.4 Å². The van der Waals surface area contributed by atoms with Gasteiger partial charge in [0.15, 0.2) is 0 Å². The Morgan fingerprint density at radius 1 is 1.28 bits per heavy atom. The maximum absolute atomic E-state index is 13.6. The number of benzene rings is 1. The zero-order chi connectivity index (χ0) is 23.7. The van der Waals surface area contributed by atoms with Gasteiger partial charge < -0.3 is 10.4 Å². The molecule has 1 aliphatic heterocycles. The highest BCUT2D eigenvalue weighted by molar-refractivity contribution is 6.33. The zero-order valence-corrected chi connectivity index (χ0v) is 19.1. The Bertz CT molecular complexity index is 849. The number of likely N-dealkylation sites (tertiary alicyclic amines) is 1. The number of hydrogen-bond acceptors (Lipinski definition) is 3. The van der Waals surface area contributed by atoms with Crippen molar-refractivity contribution < 1.29 is 27.9 Å². The lowest BCUT2D eigenvalue weighted by atomic mass is 9.90. The molecule has 2 fully saturated rings. The number of amides is 1. The Labute approximate surface area is 191 Å². The fourth-order valence-corrected chi connectivity index (χ4v) is 4.68. The quantitative estimate of drug-likeness (QED) is 0.531. The number of aliphatic carboxylic acids is 1. The van der Waals surface area contributed by atoms with Crippen LogP contribution in [0.3, 0.4) is 0 Å². The summed E-state index contributed by atoms with van der Waals surface area (Å²) in [4.78, 5) is 26.2. The average Bonchev–Trinajstić information content (AvgIpc) is 3.51. The smallest absolute Gasteiger partial charge is 0.393 e. The van der Waals surface area contributed by atoms with E-state index in [4.69, 9.17) is 11.6 Å². The molecule has 0 aromatic heterocycles. The number of piperidine rings is 1. The van der Waals surface area contributed by atoms with E-state index in [0.29, 0.717) is 37.4 Å². The van der Waals surface area contributed by atoms with Crippen LogP contribution in [0.25, 0.3) is 0 Å². The first-order valence-corrected chi connectivity index (χ1v) is 11.5. The molecule has 178 valence electrons.